The fourth-order valence-corrected chi connectivity index (χ4v) is 3.31. The van der Waals surface area contributed by atoms with Gasteiger partial charge in [0.05, 0.1) is 17.6 Å². The third-order valence-corrected chi connectivity index (χ3v) is 4.74. The molecule has 0 radical (unpaired) electrons. The van der Waals surface area contributed by atoms with Gasteiger partial charge in [-0.05, 0) is 24.7 Å². The first-order valence-corrected chi connectivity index (χ1v) is 7.66. The highest BCUT2D eigenvalue weighted by Crippen LogP contribution is 2.39. The van der Waals surface area contributed by atoms with Crippen LogP contribution < -0.4 is 4.74 Å². The summed E-state index contributed by atoms with van der Waals surface area (Å²) < 4.78 is 6.43. The fourth-order valence-electron chi connectivity index (χ4n) is 2.45. The largest absolute Gasteiger partial charge is 0.493 e. The van der Waals surface area contributed by atoms with Gasteiger partial charge in [0.15, 0.2) is 0 Å². The number of halogens is 1. The Balaban J connectivity index is 2.08. The molecule has 0 bridgehead atoms. The fraction of sp³-hybridized carbons (Fsp3) is 0.538. The first-order chi connectivity index (χ1) is 9.04. The second kappa shape index (κ2) is 6.13. The molecule has 0 amide bonds. The van der Waals surface area contributed by atoms with Crippen LogP contribution in [-0.4, -0.2) is 17.3 Å². The van der Waals surface area contributed by atoms with E-state index in [9.17, 15) is 10.1 Å². The van der Waals surface area contributed by atoms with Crippen LogP contribution in [0.15, 0.2) is 22.7 Å². The topological polar surface area (TPSA) is 52.4 Å². The standard InChI is InChI=1S/C13H16BrNO3S/c14-10-5-11(15(16)17)7-12(6-10)18-8-13(9-19)3-1-2-4-13/h5-7,19H,1-4,8-9H2. The Hall–Kier alpha value is -0.750. The summed E-state index contributed by atoms with van der Waals surface area (Å²) in [7, 11) is 0. The first kappa shape index (κ1) is 14.7. The monoisotopic (exact) mass is 345 g/mol. The van der Waals surface area contributed by atoms with Crippen LogP contribution in [0.3, 0.4) is 0 Å². The number of nitro groups is 1. The molecule has 1 saturated carbocycles. The number of nitrogens with zero attached hydrogens (tertiary/aromatic N) is 1. The summed E-state index contributed by atoms with van der Waals surface area (Å²) >= 11 is 7.69. The number of nitro benzene ring substituents is 1. The van der Waals surface area contributed by atoms with Gasteiger partial charge >= 0.3 is 0 Å². The Bertz CT molecular complexity index is 475. The molecule has 19 heavy (non-hydrogen) atoms. The maximum absolute atomic E-state index is 10.8. The second-order valence-electron chi connectivity index (χ2n) is 5.06. The van der Waals surface area contributed by atoms with E-state index in [-0.39, 0.29) is 11.1 Å². The van der Waals surface area contributed by atoms with E-state index in [0.717, 1.165) is 18.6 Å². The number of ether oxygens (including phenoxy) is 1. The highest BCUT2D eigenvalue weighted by atomic mass is 79.9. The van der Waals surface area contributed by atoms with E-state index in [1.165, 1.54) is 25.0 Å². The van der Waals surface area contributed by atoms with Gasteiger partial charge in [-0.15, -0.1) is 0 Å². The van der Waals surface area contributed by atoms with E-state index in [1.54, 1.807) is 6.07 Å². The molecule has 0 atom stereocenters. The molecule has 4 nitrogen and oxygen atoms in total. The lowest BCUT2D eigenvalue weighted by atomic mass is 9.90. The molecule has 6 heteroatoms. The molecular formula is C13H16BrNO3S. The average molecular weight is 346 g/mol. The Morgan fingerprint density at radius 2 is 2.05 bits per heavy atom. The van der Waals surface area contributed by atoms with Crippen molar-refractivity contribution in [1.29, 1.82) is 0 Å². The van der Waals surface area contributed by atoms with Crippen molar-refractivity contribution in [2.24, 2.45) is 5.41 Å². The van der Waals surface area contributed by atoms with Crippen molar-refractivity contribution in [1.82, 2.24) is 0 Å². The smallest absolute Gasteiger partial charge is 0.274 e. The Morgan fingerprint density at radius 1 is 1.37 bits per heavy atom. The third-order valence-electron chi connectivity index (χ3n) is 3.61. The lowest BCUT2D eigenvalue weighted by Crippen LogP contribution is -2.27. The zero-order valence-corrected chi connectivity index (χ0v) is 13.0. The van der Waals surface area contributed by atoms with Gasteiger partial charge in [0.1, 0.15) is 5.75 Å². The number of non-ortho nitro benzene ring substituents is 1. The number of benzene rings is 1. The molecule has 2 rings (SSSR count). The van der Waals surface area contributed by atoms with Gasteiger partial charge in [0.2, 0.25) is 0 Å². The Labute approximate surface area is 126 Å². The van der Waals surface area contributed by atoms with Crippen molar-refractivity contribution < 1.29 is 9.66 Å². The molecule has 1 aliphatic rings. The van der Waals surface area contributed by atoms with Crippen molar-refractivity contribution >= 4 is 34.2 Å². The van der Waals surface area contributed by atoms with Gasteiger partial charge in [0.25, 0.3) is 5.69 Å². The number of hydrogen-bond acceptors (Lipinski definition) is 4. The van der Waals surface area contributed by atoms with Crippen molar-refractivity contribution in [2.45, 2.75) is 25.7 Å². The number of thiol groups is 1. The highest BCUT2D eigenvalue weighted by molar-refractivity contribution is 9.10. The second-order valence-corrected chi connectivity index (χ2v) is 6.29. The molecule has 1 aromatic carbocycles. The Kier molecular flexibility index (Phi) is 4.73. The van der Waals surface area contributed by atoms with E-state index in [2.05, 4.69) is 28.6 Å². The quantitative estimate of drug-likeness (QED) is 0.493. The molecule has 1 aromatic rings. The summed E-state index contributed by atoms with van der Waals surface area (Å²) in [4.78, 5) is 10.4. The van der Waals surface area contributed by atoms with Crippen LogP contribution in [0.4, 0.5) is 5.69 Å². The minimum absolute atomic E-state index is 0.0377. The summed E-state index contributed by atoms with van der Waals surface area (Å²) in [5.74, 6) is 1.33. The van der Waals surface area contributed by atoms with E-state index in [1.807, 2.05) is 0 Å². The highest BCUT2D eigenvalue weighted by Gasteiger charge is 2.33. The van der Waals surface area contributed by atoms with Gasteiger partial charge in [-0.1, -0.05) is 28.8 Å². The van der Waals surface area contributed by atoms with Gasteiger partial charge in [-0.2, -0.15) is 12.6 Å². The minimum Gasteiger partial charge on any atom is -0.493 e. The summed E-state index contributed by atoms with van der Waals surface area (Å²) in [6.07, 6.45) is 4.66. The summed E-state index contributed by atoms with van der Waals surface area (Å²) in [6, 6.07) is 4.69. The van der Waals surface area contributed by atoms with Crippen LogP contribution in [0.2, 0.25) is 0 Å². The average Bonchev–Trinajstić information content (AvgIpc) is 2.85. The summed E-state index contributed by atoms with van der Waals surface area (Å²) in [6.45, 7) is 0.574. The maximum atomic E-state index is 10.8. The lowest BCUT2D eigenvalue weighted by Gasteiger charge is -2.26. The van der Waals surface area contributed by atoms with Gasteiger partial charge in [-0.3, -0.25) is 10.1 Å². The van der Waals surface area contributed by atoms with Crippen LogP contribution in [0.25, 0.3) is 0 Å². The van der Waals surface area contributed by atoms with Crippen LogP contribution in [0.5, 0.6) is 5.75 Å². The van der Waals surface area contributed by atoms with Crippen LogP contribution in [-0.2, 0) is 0 Å². The number of rotatable bonds is 5. The lowest BCUT2D eigenvalue weighted by molar-refractivity contribution is -0.385. The first-order valence-electron chi connectivity index (χ1n) is 6.23. The molecule has 0 unspecified atom stereocenters. The molecule has 0 aliphatic heterocycles. The van der Waals surface area contributed by atoms with Crippen LogP contribution in [0, 0.1) is 15.5 Å². The molecule has 0 saturated heterocycles. The van der Waals surface area contributed by atoms with Gasteiger partial charge in [0, 0.05) is 16.0 Å². The summed E-state index contributed by atoms with van der Waals surface area (Å²) in [5.41, 5.74) is 0.163. The van der Waals surface area contributed by atoms with Crippen LogP contribution >= 0.6 is 28.6 Å². The van der Waals surface area contributed by atoms with Gasteiger partial charge in [-0.25, -0.2) is 0 Å². The molecule has 1 fully saturated rings. The molecule has 0 N–H and O–H groups in total. The van der Waals surface area contributed by atoms with Crippen molar-refractivity contribution in [3.05, 3.63) is 32.8 Å². The molecule has 104 valence electrons. The van der Waals surface area contributed by atoms with E-state index >= 15 is 0 Å². The maximum Gasteiger partial charge on any atom is 0.274 e. The number of hydrogen-bond donors (Lipinski definition) is 1. The van der Waals surface area contributed by atoms with Crippen molar-refractivity contribution in [2.75, 3.05) is 12.4 Å². The zero-order chi connectivity index (χ0) is 13.9. The third kappa shape index (κ3) is 3.63. The van der Waals surface area contributed by atoms with Gasteiger partial charge < -0.3 is 4.74 Å². The van der Waals surface area contributed by atoms with E-state index < -0.39 is 4.92 Å². The molecule has 0 spiro atoms. The predicted octanol–water partition coefficient (Wildman–Crippen LogP) is 4.23. The SMILES string of the molecule is O=[N+]([O-])c1cc(Br)cc(OCC2(CS)CCCC2)c1. The van der Waals surface area contributed by atoms with E-state index in [0.29, 0.717) is 16.8 Å². The van der Waals surface area contributed by atoms with E-state index in [4.69, 9.17) is 4.74 Å². The molecule has 1 aliphatic carbocycles. The molecular weight excluding hydrogens is 330 g/mol. The molecule has 0 aromatic heterocycles. The Morgan fingerprint density at radius 3 is 2.63 bits per heavy atom. The van der Waals surface area contributed by atoms with Crippen molar-refractivity contribution in [3.63, 3.8) is 0 Å². The van der Waals surface area contributed by atoms with Crippen LogP contribution in [0.1, 0.15) is 25.7 Å². The normalized spacial score (nSPS) is 17.4. The molecule has 0 heterocycles. The minimum atomic E-state index is -0.415. The predicted molar refractivity (Wildman–Crippen MR) is 81.0 cm³/mol. The zero-order valence-electron chi connectivity index (χ0n) is 10.5. The summed E-state index contributed by atoms with van der Waals surface area (Å²) in [5, 5.41) is 10.8. The van der Waals surface area contributed by atoms with Crippen molar-refractivity contribution in [3.8, 4) is 5.75 Å².